The Morgan fingerprint density at radius 1 is 1.15 bits per heavy atom. The average Bonchev–Trinajstić information content (AvgIpc) is 2.45. The van der Waals surface area contributed by atoms with E-state index < -0.39 is 0 Å². The summed E-state index contributed by atoms with van der Waals surface area (Å²) in [5.41, 5.74) is 0.845. The van der Waals surface area contributed by atoms with Crippen LogP contribution in [0.5, 0.6) is 0 Å². The average molecular weight is 317 g/mol. The Bertz CT molecular complexity index is 424. The lowest BCUT2D eigenvalue weighted by Gasteiger charge is -2.28. The monoisotopic (exact) mass is 316 g/mol. The molecule has 0 aromatic carbocycles. The van der Waals surface area contributed by atoms with Crippen molar-refractivity contribution in [3.63, 3.8) is 0 Å². The molecule has 1 aromatic rings. The van der Waals surface area contributed by atoms with Gasteiger partial charge in [0.1, 0.15) is 16.4 Å². The predicted molar refractivity (Wildman–Crippen MR) is 82.4 cm³/mol. The normalized spacial score (nSPS) is 18.2. The molecule has 1 fully saturated rings. The smallest absolute Gasteiger partial charge is 0.160 e. The van der Waals surface area contributed by atoms with Crippen LogP contribution in [-0.4, -0.2) is 17.1 Å². The number of nitrogens with zero attached hydrogens (tertiary/aromatic N) is 2. The summed E-state index contributed by atoms with van der Waals surface area (Å²) in [5, 5.41) is 0.944. The molecule has 1 heterocycles. The molecule has 1 aliphatic rings. The second-order valence-electron chi connectivity index (χ2n) is 5.45. The summed E-state index contributed by atoms with van der Waals surface area (Å²) in [6.45, 7) is 2.08. The molecule has 1 saturated carbocycles. The number of hydrogen-bond donors (Lipinski definition) is 0. The maximum absolute atomic E-state index is 6.26. The Kier molecular flexibility index (Phi) is 6.06. The van der Waals surface area contributed by atoms with E-state index in [4.69, 9.17) is 27.9 Å². The lowest BCUT2D eigenvalue weighted by atomic mass is 9.85. The predicted octanol–water partition coefficient (Wildman–Crippen LogP) is 5.00. The molecule has 0 radical (unpaired) electrons. The minimum atomic E-state index is -0.0963. The maximum atomic E-state index is 6.26. The van der Waals surface area contributed by atoms with Crippen molar-refractivity contribution in [2.45, 2.75) is 58.0 Å². The standard InChI is InChI=1S/C15H22Cl2N2O/c1-3-7-11-13(16)18-15(19-14(11)17)12(20-2)10-8-5-4-6-9-10/h10,12H,3-9H2,1-2H3. The number of ether oxygens (including phenoxy) is 1. The molecular weight excluding hydrogens is 295 g/mol. The lowest BCUT2D eigenvalue weighted by Crippen LogP contribution is -2.20. The molecule has 1 unspecified atom stereocenters. The first-order valence-corrected chi connectivity index (χ1v) is 8.17. The zero-order chi connectivity index (χ0) is 14.5. The Hall–Kier alpha value is -0.380. The minimum absolute atomic E-state index is 0.0963. The van der Waals surface area contributed by atoms with Crippen molar-refractivity contribution < 1.29 is 4.74 Å². The second-order valence-corrected chi connectivity index (χ2v) is 6.16. The highest BCUT2D eigenvalue weighted by atomic mass is 35.5. The van der Waals surface area contributed by atoms with Gasteiger partial charge >= 0.3 is 0 Å². The van der Waals surface area contributed by atoms with Gasteiger partial charge in [0, 0.05) is 12.7 Å². The third-order valence-corrected chi connectivity index (χ3v) is 4.64. The molecule has 0 bridgehead atoms. The minimum Gasteiger partial charge on any atom is -0.373 e. The van der Waals surface area contributed by atoms with Crippen molar-refractivity contribution in [1.82, 2.24) is 9.97 Å². The van der Waals surface area contributed by atoms with Gasteiger partial charge in [-0.05, 0) is 25.2 Å². The van der Waals surface area contributed by atoms with E-state index in [9.17, 15) is 0 Å². The molecule has 0 N–H and O–H groups in total. The molecule has 3 nitrogen and oxygen atoms in total. The number of hydrogen-bond acceptors (Lipinski definition) is 3. The molecule has 0 saturated heterocycles. The zero-order valence-corrected chi connectivity index (χ0v) is 13.7. The number of rotatable bonds is 5. The van der Waals surface area contributed by atoms with Crippen molar-refractivity contribution in [2.75, 3.05) is 7.11 Å². The molecule has 112 valence electrons. The molecule has 1 aromatic heterocycles. The quantitative estimate of drug-likeness (QED) is 0.717. The first-order valence-electron chi connectivity index (χ1n) is 7.42. The molecule has 1 atom stereocenters. The number of halogens is 2. The summed E-state index contributed by atoms with van der Waals surface area (Å²) < 4.78 is 5.64. The fraction of sp³-hybridized carbons (Fsp3) is 0.733. The van der Waals surface area contributed by atoms with Crippen LogP contribution in [0.4, 0.5) is 0 Å². The highest BCUT2D eigenvalue weighted by molar-refractivity contribution is 6.34. The van der Waals surface area contributed by atoms with E-state index in [1.807, 2.05) is 0 Å². The van der Waals surface area contributed by atoms with E-state index in [1.54, 1.807) is 7.11 Å². The van der Waals surface area contributed by atoms with Gasteiger partial charge in [0.25, 0.3) is 0 Å². The highest BCUT2D eigenvalue weighted by Gasteiger charge is 2.28. The summed E-state index contributed by atoms with van der Waals surface area (Å²) in [5.74, 6) is 1.10. The van der Waals surface area contributed by atoms with Crippen LogP contribution in [0, 0.1) is 5.92 Å². The van der Waals surface area contributed by atoms with E-state index in [1.165, 1.54) is 19.3 Å². The maximum Gasteiger partial charge on any atom is 0.160 e. The van der Waals surface area contributed by atoms with Crippen molar-refractivity contribution >= 4 is 23.2 Å². The number of aromatic nitrogens is 2. The van der Waals surface area contributed by atoms with Gasteiger partial charge in [-0.25, -0.2) is 9.97 Å². The Morgan fingerprint density at radius 2 is 1.75 bits per heavy atom. The highest BCUT2D eigenvalue weighted by Crippen LogP contribution is 2.36. The molecule has 2 rings (SSSR count). The van der Waals surface area contributed by atoms with Crippen LogP contribution in [0.15, 0.2) is 0 Å². The second kappa shape index (κ2) is 7.58. The fourth-order valence-corrected chi connectivity index (χ4v) is 3.56. The first-order chi connectivity index (χ1) is 9.67. The van der Waals surface area contributed by atoms with Crippen LogP contribution in [0.3, 0.4) is 0 Å². The van der Waals surface area contributed by atoms with Crippen LogP contribution in [0.2, 0.25) is 10.3 Å². The first kappa shape index (κ1) is 16.0. The van der Waals surface area contributed by atoms with Crippen LogP contribution >= 0.6 is 23.2 Å². The molecular formula is C15H22Cl2N2O. The molecule has 5 heteroatoms. The van der Waals surface area contributed by atoms with Crippen LogP contribution in [0.1, 0.15) is 62.9 Å². The van der Waals surface area contributed by atoms with Crippen molar-refractivity contribution in [3.05, 3.63) is 21.7 Å². The Labute approximate surface area is 131 Å². The molecule has 0 amide bonds. The van der Waals surface area contributed by atoms with E-state index in [0.717, 1.165) is 31.2 Å². The van der Waals surface area contributed by atoms with E-state index in [-0.39, 0.29) is 6.10 Å². The van der Waals surface area contributed by atoms with Crippen LogP contribution in [-0.2, 0) is 11.2 Å². The van der Waals surface area contributed by atoms with Gasteiger partial charge < -0.3 is 4.74 Å². The van der Waals surface area contributed by atoms with Gasteiger partial charge in [0.2, 0.25) is 0 Å². The van der Waals surface area contributed by atoms with Gasteiger partial charge in [-0.15, -0.1) is 0 Å². The van der Waals surface area contributed by atoms with E-state index >= 15 is 0 Å². The van der Waals surface area contributed by atoms with Crippen molar-refractivity contribution in [2.24, 2.45) is 5.92 Å². The SMILES string of the molecule is CCCc1c(Cl)nc(C(OC)C2CCCCC2)nc1Cl. The van der Waals surface area contributed by atoms with Gasteiger partial charge in [-0.2, -0.15) is 0 Å². The zero-order valence-electron chi connectivity index (χ0n) is 12.2. The Morgan fingerprint density at radius 3 is 2.25 bits per heavy atom. The summed E-state index contributed by atoms with van der Waals surface area (Å²) in [4.78, 5) is 8.89. The van der Waals surface area contributed by atoms with E-state index in [2.05, 4.69) is 16.9 Å². The van der Waals surface area contributed by atoms with Crippen LogP contribution < -0.4 is 0 Å². The number of methoxy groups -OCH3 is 1. The van der Waals surface area contributed by atoms with Crippen molar-refractivity contribution in [3.8, 4) is 0 Å². The Balaban J connectivity index is 2.25. The third-order valence-electron chi connectivity index (χ3n) is 4.01. The van der Waals surface area contributed by atoms with Gasteiger partial charge in [0.05, 0.1) is 0 Å². The largest absolute Gasteiger partial charge is 0.373 e. The molecule has 0 spiro atoms. The summed E-state index contributed by atoms with van der Waals surface area (Å²) >= 11 is 12.5. The summed E-state index contributed by atoms with van der Waals surface area (Å²) in [6, 6.07) is 0. The molecule has 1 aliphatic carbocycles. The topological polar surface area (TPSA) is 35.0 Å². The van der Waals surface area contributed by atoms with Gasteiger partial charge in [-0.3, -0.25) is 0 Å². The molecule has 0 aliphatic heterocycles. The summed E-state index contributed by atoms with van der Waals surface area (Å²) in [7, 11) is 1.71. The van der Waals surface area contributed by atoms with Gasteiger partial charge in [0.15, 0.2) is 5.82 Å². The van der Waals surface area contributed by atoms with E-state index in [0.29, 0.717) is 22.0 Å². The van der Waals surface area contributed by atoms with Crippen LogP contribution in [0.25, 0.3) is 0 Å². The fourth-order valence-electron chi connectivity index (χ4n) is 2.98. The molecule has 20 heavy (non-hydrogen) atoms. The summed E-state index contributed by atoms with van der Waals surface area (Å²) in [6.07, 6.45) is 7.81. The lowest BCUT2D eigenvalue weighted by molar-refractivity contribution is 0.0289. The van der Waals surface area contributed by atoms with Gasteiger partial charge in [-0.1, -0.05) is 55.8 Å². The van der Waals surface area contributed by atoms with Crippen molar-refractivity contribution in [1.29, 1.82) is 0 Å². The third kappa shape index (κ3) is 3.63.